The molecule has 0 fully saturated rings. The third-order valence-corrected chi connectivity index (χ3v) is 4.65. The van der Waals surface area contributed by atoms with E-state index in [-0.39, 0.29) is 66.6 Å². The number of amidine groups is 1. The van der Waals surface area contributed by atoms with Crippen LogP contribution in [0.4, 0.5) is 17.3 Å². The van der Waals surface area contributed by atoms with Crippen LogP contribution in [-0.4, -0.2) is 54.2 Å². The minimum absolute atomic E-state index is 0. The molecule has 0 aromatic carbocycles. The van der Waals surface area contributed by atoms with Gasteiger partial charge in [0, 0.05) is 52.4 Å². The molecule has 0 spiro atoms. The first-order chi connectivity index (χ1) is 15.5. The second-order valence-corrected chi connectivity index (χ2v) is 7.29. The van der Waals surface area contributed by atoms with E-state index in [0.29, 0.717) is 11.4 Å². The van der Waals surface area contributed by atoms with Crippen molar-refractivity contribution in [2.24, 2.45) is 26.9 Å². The van der Waals surface area contributed by atoms with Crippen molar-refractivity contribution in [3.63, 3.8) is 0 Å². The van der Waals surface area contributed by atoms with Gasteiger partial charge in [-0.3, -0.25) is 29.2 Å². The Bertz CT molecular complexity index is 1240. The number of anilines is 3. The van der Waals surface area contributed by atoms with E-state index < -0.39 is 17.7 Å². The van der Waals surface area contributed by atoms with Crippen LogP contribution in [0, 0.1) is 5.41 Å². The summed E-state index contributed by atoms with van der Waals surface area (Å²) in [5.41, 5.74) is 12.1. The molecule has 0 saturated heterocycles. The van der Waals surface area contributed by atoms with E-state index in [1.165, 1.54) is 27.6 Å². The van der Waals surface area contributed by atoms with Gasteiger partial charge in [0.25, 0.3) is 17.7 Å². The van der Waals surface area contributed by atoms with Crippen molar-refractivity contribution in [2.75, 3.05) is 22.9 Å². The lowest BCUT2D eigenvalue weighted by atomic mass is 10.3. The van der Waals surface area contributed by atoms with E-state index in [1.54, 1.807) is 31.9 Å². The van der Waals surface area contributed by atoms with Gasteiger partial charge in [-0.15, -0.1) is 24.8 Å². The van der Waals surface area contributed by atoms with E-state index in [4.69, 9.17) is 16.9 Å². The average Bonchev–Trinajstić information content (AvgIpc) is 3.37. The first kappa shape index (κ1) is 29.0. The molecule has 16 heteroatoms. The number of nitrogens with zero attached hydrogens (tertiary/aromatic N) is 5. The zero-order chi connectivity index (χ0) is 24.3. The maximum absolute atomic E-state index is 12.7. The van der Waals surface area contributed by atoms with Gasteiger partial charge >= 0.3 is 0 Å². The summed E-state index contributed by atoms with van der Waals surface area (Å²) >= 11 is 0. The zero-order valence-electron chi connectivity index (χ0n) is 19.2. The SMILES string of the molecule is Cl.Cl.Cn1cc(N)cc1C(=O)Nc1cc(C(=O)Nc2cc(C(=O)NCCC(=N)N)n(C)n2)n(C)n1. The lowest BCUT2D eigenvalue weighted by Gasteiger charge is -2.03. The molecule has 0 saturated carbocycles. The predicted molar refractivity (Wildman–Crippen MR) is 136 cm³/mol. The Morgan fingerprint density at radius 1 is 0.886 bits per heavy atom. The van der Waals surface area contributed by atoms with Crippen LogP contribution in [0.1, 0.15) is 37.9 Å². The second kappa shape index (κ2) is 11.9. The zero-order valence-corrected chi connectivity index (χ0v) is 20.8. The summed E-state index contributed by atoms with van der Waals surface area (Å²) in [7, 11) is 4.80. The van der Waals surface area contributed by atoms with Crippen molar-refractivity contribution in [3.8, 4) is 0 Å². The number of carbonyl (C=O) groups excluding carboxylic acids is 3. The van der Waals surface area contributed by atoms with Crippen LogP contribution in [0.3, 0.4) is 0 Å². The molecule has 8 N–H and O–H groups in total. The van der Waals surface area contributed by atoms with Gasteiger partial charge in [0.1, 0.15) is 17.1 Å². The second-order valence-electron chi connectivity index (χ2n) is 7.29. The molecule has 0 radical (unpaired) electrons. The number of hydrogen-bond donors (Lipinski definition) is 6. The van der Waals surface area contributed by atoms with Crippen LogP contribution < -0.4 is 27.4 Å². The van der Waals surface area contributed by atoms with E-state index in [9.17, 15) is 14.4 Å². The molecular weight excluding hydrogens is 501 g/mol. The third kappa shape index (κ3) is 6.97. The number of carbonyl (C=O) groups is 3. The fraction of sp³-hybridized carbons (Fsp3) is 0.263. The van der Waals surface area contributed by atoms with Gasteiger partial charge in [-0.1, -0.05) is 0 Å². The Kier molecular flexibility index (Phi) is 9.85. The van der Waals surface area contributed by atoms with Crippen LogP contribution in [-0.2, 0) is 21.1 Å². The topological polar surface area (TPSA) is 204 Å². The Hall–Kier alpha value is -4.04. The minimum atomic E-state index is -0.532. The lowest BCUT2D eigenvalue weighted by molar-refractivity contribution is 0.0943. The van der Waals surface area contributed by atoms with Crippen molar-refractivity contribution in [2.45, 2.75) is 6.42 Å². The Balaban J connectivity index is 0.00000306. The predicted octanol–water partition coefficient (Wildman–Crippen LogP) is 0.478. The lowest BCUT2D eigenvalue weighted by Crippen LogP contribution is -2.29. The summed E-state index contributed by atoms with van der Waals surface area (Å²) in [5, 5.41) is 23.3. The number of aryl methyl sites for hydroxylation is 3. The molecule has 35 heavy (non-hydrogen) atoms. The fourth-order valence-corrected chi connectivity index (χ4v) is 3.06. The summed E-state index contributed by atoms with van der Waals surface area (Å²) < 4.78 is 4.21. The highest BCUT2D eigenvalue weighted by Crippen LogP contribution is 2.15. The number of hydrogen-bond acceptors (Lipinski definition) is 7. The molecule has 3 amide bonds. The monoisotopic (exact) mass is 527 g/mol. The van der Waals surface area contributed by atoms with Gasteiger partial charge in [-0.2, -0.15) is 10.2 Å². The molecule has 3 rings (SSSR count). The standard InChI is InChI=1S/C19H25N11O3.2ClH/c1-28-9-10(20)6-11(28)18(32)24-16-8-13(30(3)27-16)19(33)25-15-7-12(29(2)26-15)17(31)23-5-4-14(21)22;;/h6-9H,4-5,20H2,1-3H3,(H3,21,22)(H,23,31)(H,24,27,32)(H,25,26,33);2*1H. The largest absolute Gasteiger partial charge is 0.397 e. The Morgan fingerprint density at radius 2 is 1.37 bits per heavy atom. The van der Waals surface area contributed by atoms with Crippen LogP contribution in [0.2, 0.25) is 0 Å². The van der Waals surface area contributed by atoms with Crippen molar-refractivity contribution >= 4 is 65.7 Å². The highest BCUT2D eigenvalue weighted by molar-refractivity contribution is 6.06. The van der Waals surface area contributed by atoms with E-state index in [0.717, 1.165) is 0 Å². The molecule has 0 unspecified atom stereocenters. The third-order valence-electron chi connectivity index (χ3n) is 4.65. The molecule has 14 nitrogen and oxygen atoms in total. The summed E-state index contributed by atoms with van der Waals surface area (Å²) in [5.74, 6) is -1.07. The average molecular weight is 528 g/mol. The van der Waals surface area contributed by atoms with Gasteiger partial charge < -0.3 is 32.0 Å². The number of rotatable bonds is 8. The minimum Gasteiger partial charge on any atom is -0.397 e. The number of nitrogens with one attached hydrogen (secondary N) is 4. The van der Waals surface area contributed by atoms with E-state index >= 15 is 0 Å². The number of aromatic nitrogens is 5. The molecule has 3 aromatic heterocycles. The molecule has 0 aliphatic rings. The Labute approximate surface area is 212 Å². The van der Waals surface area contributed by atoms with Gasteiger partial charge in [0.15, 0.2) is 11.6 Å². The highest BCUT2D eigenvalue weighted by Gasteiger charge is 2.19. The first-order valence-electron chi connectivity index (χ1n) is 9.79. The number of nitrogens with two attached hydrogens (primary N) is 2. The molecule has 0 atom stereocenters. The Morgan fingerprint density at radius 3 is 1.83 bits per heavy atom. The van der Waals surface area contributed by atoms with Crippen molar-refractivity contribution in [3.05, 3.63) is 41.5 Å². The van der Waals surface area contributed by atoms with Crippen molar-refractivity contribution in [1.29, 1.82) is 5.41 Å². The number of amides is 3. The quantitative estimate of drug-likeness (QED) is 0.180. The van der Waals surface area contributed by atoms with Crippen LogP contribution in [0.5, 0.6) is 0 Å². The summed E-state index contributed by atoms with van der Waals surface area (Å²) in [6, 6.07) is 4.36. The number of nitrogen functional groups attached to an aromatic ring is 1. The highest BCUT2D eigenvalue weighted by atomic mass is 35.5. The van der Waals surface area contributed by atoms with Crippen LogP contribution in [0.25, 0.3) is 0 Å². The van der Waals surface area contributed by atoms with Gasteiger partial charge in [0.05, 0.1) is 11.5 Å². The van der Waals surface area contributed by atoms with Crippen LogP contribution in [0.15, 0.2) is 24.4 Å². The smallest absolute Gasteiger partial charge is 0.275 e. The van der Waals surface area contributed by atoms with Gasteiger partial charge in [-0.25, -0.2) is 0 Å². The van der Waals surface area contributed by atoms with Crippen LogP contribution >= 0.6 is 24.8 Å². The van der Waals surface area contributed by atoms with Gasteiger partial charge in [0.2, 0.25) is 0 Å². The van der Waals surface area contributed by atoms with Crippen molar-refractivity contribution in [1.82, 2.24) is 29.4 Å². The maximum Gasteiger partial charge on any atom is 0.275 e. The molecule has 3 heterocycles. The summed E-state index contributed by atoms with van der Waals surface area (Å²) in [6.45, 7) is 0.208. The normalized spacial score (nSPS) is 10.0. The molecule has 0 aliphatic heterocycles. The molecule has 3 aromatic rings. The van der Waals surface area contributed by atoms with Crippen molar-refractivity contribution < 1.29 is 14.4 Å². The molecule has 190 valence electrons. The van der Waals surface area contributed by atoms with Gasteiger partial charge in [-0.05, 0) is 6.07 Å². The van der Waals surface area contributed by atoms with E-state index in [2.05, 4.69) is 26.1 Å². The molecule has 0 aliphatic carbocycles. The fourth-order valence-electron chi connectivity index (χ4n) is 3.06. The number of halogens is 2. The summed E-state index contributed by atoms with van der Waals surface area (Å²) in [4.78, 5) is 37.4. The molecule has 0 bridgehead atoms. The first-order valence-corrected chi connectivity index (χ1v) is 9.79. The molecular formula is C19H27Cl2N11O3. The summed E-state index contributed by atoms with van der Waals surface area (Å²) in [6.07, 6.45) is 1.83. The van der Waals surface area contributed by atoms with E-state index in [1.807, 2.05) is 0 Å². The maximum atomic E-state index is 12.7.